The number of hydrogen-bond acceptors (Lipinski definition) is 1. The van der Waals surface area contributed by atoms with E-state index in [9.17, 15) is 17.6 Å². The highest BCUT2D eigenvalue weighted by Crippen LogP contribution is 2.43. The number of benzene rings is 1. The summed E-state index contributed by atoms with van der Waals surface area (Å²) in [5.74, 6) is -0.416. The van der Waals surface area contributed by atoms with Gasteiger partial charge in [0.2, 0.25) is 0 Å². The Bertz CT molecular complexity index is 419. The van der Waals surface area contributed by atoms with E-state index in [-0.39, 0.29) is 5.56 Å². The third kappa shape index (κ3) is 2.36. The predicted molar refractivity (Wildman–Crippen MR) is 60.9 cm³/mol. The zero-order valence-electron chi connectivity index (χ0n) is 10.0. The first kappa shape index (κ1) is 13.3. The molecule has 18 heavy (non-hydrogen) atoms. The van der Waals surface area contributed by atoms with Crippen LogP contribution in [-0.2, 0) is 11.8 Å². The molecule has 0 amide bonds. The van der Waals surface area contributed by atoms with Crippen molar-refractivity contribution in [3.8, 4) is 0 Å². The lowest BCUT2D eigenvalue weighted by atomic mass is 9.81. The maximum atomic E-state index is 14.8. The number of nitrogens with one attached hydrogen (secondary N) is 1. The molecule has 0 spiro atoms. The minimum absolute atomic E-state index is 0.258. The van der Waals surface area contributed by atoms with Gasteiger partial charge in [-0.3, -0.25) is 0 Å². The summed E-state index contributed by atoms with van der Waals surface area (Å²) in [7, 11) is 0. The number of rotatable bonds is 2. The molecule has 0 saturated carbocycles. The second-order valence-electron chi connectivity index (χ2n) is 4.81. The largest absolute Gasteiger partial charge is 0.416 e. The van der Waals surface area contributed by atoms with Gasteiger partial charge in [-0.05, 0) is 26.0 Å². The summed E-state index contributed by atoms with van der Waals surface area (Å²) >= 11 is 0. The lowest BCUT2D eigenvalue weighted by Gasteiger charge is -2.29. The monoisotopic (exact) mass is 261 g/mol. The predicted octanol–water partition coefficient (Wildman–Crippen LogP) is 3.50. The lowest BCUT2D eigenvalue weighted by Crippen LogP contribution is -2.31. The molecule has 2 atom stereocenters. The van der Waals surface area contributed by atoms with Gasteiger partial charge in [0, 0.05) is 18.0 Å². The molecule has 2 rings (SSSR count). The summed E-state index contributed by atoms with van der Waals surface area (Å²) in [6.07, 6.45) is -3.96. The van der Waals surface area contributed by atoms with Crippen LogP contribution in [-0.4, -0.2) is 13.1 Å². The number of alkyl halides is 4. The molecule has 1 nitrogen and oxygen atoms in total. The highest BCUT2D eigenvalue weighted by Gasteiger charge is 2.44. The summed E-state index contributed by atoms with van der Waals surface area (Å²) in [5.41, 5.74) is -3.09. The molecule has 1 aromatic rings. The number of halogens is 4. The zero-order valence-corrected chi connectivity index (χ0v) is 10.0. The first-order valence-corrected chi connectivity index (χ1v) is 5.90. The Hall–Kier alpha value is -1.10. The minimum Gasteiger partial charge on any atom is -0.316 e. The first-order valence-electron chi connectivity index (χ1n) is 5.90. The fraction of sp³-hybridized carbons (Fsp3) is 0.538. The third-order valence-corrected chi connectivity index (χ3v) is 3.59. The van der Waals surface area contributed by atoms with Crippen molar-refractivity contribution in [1.82, 2.24) is 5.32 Å². The fourth-order valence-electron chi connectivity index (χ4n) is 2.49. The molecule has 1 heterocycles. The maximum absolute atomic E-state index is 14.8. The second-order valence-corrected chi connectivity index (χ2v) is 4.81. The molecule has 2 unspecified atom stereocenters. The Kier molecular flexibility index (Phi) is 3.36. The van der Waals surface area contributed by atoms with Crippen LogP contribution in [0.2, 0.25) is 0 Å². The highest BCUT2D eigenvalue weighted by molar-refractivity contribution is 5.35. The summed E-state index contributed by atoms with van der Waals surface area (Å²) in [6, 6.07) is 4.91. The van der Waals surface area contributed by atoms with Gasteiger partial charge in [0.05, 0.1) is 5.56 Å². The maximum Gasteiger partial charge on any atom is 0.416 e. The van der Waals surface area contributed by atoms with Gasteiger partial charge >= 0.3 is 6.18 Å². The molecule has 0 bridgehead atoms. The standard InChI is InChI=1S/C13H15F4N/c1-12(14,9-6-7-18-8-9)10-4-2-3-5-11(10)13(15,16)17/h2-5,9,18H,6-8H2,1H3. The Morgan fingerprint density at radius 2 is 1.72 bits per heavy atom. The fourth-order valence-corrected chi connectivity index (χ4v) is 2.49. The van der Waals surface area contributed by atoms with Gasteiger partial charge in [-0.2, -0.15) is 13.2 Å². The smallest absolute Gasteiger partial charge is 0.316 e. The molecule has 1 aromatic carbocycles. The SMILES string of the molecule is CC(F)(c1ccccc1C(F)(F)F)C1CCNC1. The van der Waals surface area contributed by atoms with Crippen LogP contribution >= 0.6 is 0 Å². The topological polar surface area (TPSA) is 12.0 Å². The summed E-state index contributed by atoms with van der Waals surface area (Å²) < 4.78 is 53.4. The molecule has 1 aliphatic rings. The van der Waals surface area contributed by atoms with Gasteiger partial charge in [0.25, 0.3) is 0 Å². The quantitative estimate of drug-likeness (QED) is 0.803. The van der Waals surface area contributed by atoms with Crippen molar-refractivity contribution < 1.29 is 17.6 Å². The molecule has 0 radical (unpaired) electrons. The molecule has 1 N–H and O–H groups in total. The van der Waals surface area contributed by atoms with Gasteiger partial charge in [0.1, 0.15) is 5.67 Å². The van der Waals surface area contributed by atoms with E-state index in [0.29, 0.717) is 19.5 Å². The van der Waals surface area contributed by atoms with E-state index in [2.05, 4.69) is 5.32 Å². The molecular weight excluding hydrogens is 246 g/mol. The van der Waals surface area contributed by atoms with E-state index in [1.807, 2.05) is 0 Å². The Morgan fingerprint density at radius 1 is 1.11 bits per heavy atom. The van der Waals surface area contributed by atoms with Crippen LogP contribution in [0.3, 0.4) is 0 Å². The molecule has 1 fully saturated rings. The van der Waals surface area contributed by atoms with Gasteiger partial charge in [-0.25, -0.2) is 4.39 Å². The number of hydrogen-bond donors (Lipinski definition) is 1. The van der Waals surface area contributed by atoms with Crippen molar-refractivity contribution in [2.24, 2.45) is 5.92 Å². The average molecular weight is 261 g/mol. The first-order chi connectivity index (χ1) is 8.33. The Morgan fingerprint density at radius 3 is 2.22 bits per heavy atom. The van der Waals surface area contributed by atoms with Crippen molar-refractivity contribution in [3.05, 3.63) is 35.4 Å². The molecule has 1 saturated heterocycles. The van der Waals surface area contributed by atoms with E-state index in [0.717, 1.165) is 6.07 Å². The Balaban J connectivity index is 2.43. The van der Waals surface area contributed by atoms with Crippen molar-refractivity contribution in [2.45, 2.75) is 25.2 Å². The van der Waals surface area contributed by atoms with Gasteiger partial charge in [-0.1, -0.05) is 18.2 Å². The van der Waals surface area contributed by atoms with Crippen LogP contribution in [0.25, 0.3) is 0 Å². The van der Waals surface area contributed by atoms with Gasteiger partial charge in [-0.15, -0.1) is 0 Å². The van der Waals surface area contributed by atoms with E-state index < -0.39 is 23.3 Å². The van der Waals surface area contributed by atoms with E-state index in [1.54, 1.807) is 0 Å². The Labute approximate surface area is 103 Å². The van der Waals surface area contributed by atoms with Crippen LogP contribution in [0.4, 0.5) is 17.6 Å². The normalized spacial score (nSPS) is 23.9. The van der Waals surface area contributed by atoms with Crippen molar-refractivity contribution in [1.29, 1.82) is 0 Å². The molecule has 1 aliphatic heterocycles. The molecule has 5 heteroatoms. The molecule has 0 aliphatic carbocycles. The second kappa shape index (κ2) is 4.53. The highest BCUT2D eigenvalue weighted by atomic mass is 19.4. The van der Waals surface area contributed by atoms with E-state index in [1.165, 1.54) is 25.1 Å². The van der Waals surface area contributed by atoms with Crippen LogP contribution < -0.4 is 5.32 Å². The molecule has 0 aromatic heterocycles. The molecular formula is C13H15F4N. The third-order valence-electron chi connectivity index (χ3n) is 3.59. The van der Waals surface area contributed by atoms with Crippen molar-refractivity contribution >= 4 is 0 Å². The summed E-state index contributed by atoms with van der Waals surface area (Å²) in [5, 5.41) is 2.99. The van der Waals surface area contributed by atoms with E-state index >= 15 is 0 Å². The molecule has 100 valence electrons. The van der Waals surface area contributed by atoms with Crippen molar-refractivity contribution in [3.63, 3.8) is 0 Å². The zero-order chi connectivity index (χ0) is 13.4. The van der Waals surface area contributed by atoms with E-state index in [4.69, 9.17) is 0 Å². The van der Waals surface area contributed by atoms with Crippen LogP contribution in [0, 0.1) is 5.92 Å². The van der Waals surface area contributed by atoms with Crippen LogP contribution in [0.5, 0.6) is 0 Å². The van der Waals surface area contributed by atoms with Gasteiger partial charge < -0.3 is 5.32 Å². The summed E-state index contributed by atoms with van der Waals surface area (Å²) in [4.78, 5) is 0. The van der Waals surface area contributed by atoms with Crippen molar-refractivity contribution in [2.75, 3.05) is 13.1 Å². The average Bonchev–Trinajstić information content (AvgIpc) is 2.82. The van der Waals surface area contributed by atoms with Crippen LogP contribution in [0.15, 0.2) is 24.3 Å². The summed E-state index contributed by atoms with van der Waals surface area (Å²) in [6.45, 7) is 2.31. The van der Waals surface area contributed by atoms with Gasteiger partial charge in [0.15, 0.2) is 0 Å². The minimum atomic E-state index is -4.52. The van der Waals surface area contributed by atoms with Crippen LogP contribution in [0.1, 0.15) is 24.5 Å². The lowest BCUT2D eigenvalue weighted by molar-refractivity contribution is -0.140.